The van der Waals surface area contributed by atoms with Gasteiger partial charge in [0.15, 0.2) is 8.24 Å². The Labute approximate surface area is 109 Å². The molecule has 1 heterocycles. The molecule has 0 aliphatic carbocycles. The van der Waals surface area contributed by atoms with Crippen molar-refractivity contribution in [2.75, 3.05) is 0 Å². The summed E-state index contributed by atoms with van der Waals surface area (Å²) in [5.41, 5.74) is 0. The van der Waals surface area contributed by atoms with E-state index >= 15 is 0 Å². The largest absolute Gasteiger partial charge is 0.480 e. The molecule has 3 atom stereocenters. The highest BCUT2D eigenvalue weighted by Crippen LogP contribution is 2.45. The van der Waals surface area contributed by atoms with Gasteiger partial charge in [0.1, 0.15) is 6.04 Å². The van der Waals surface area contributed by atoms with E-state index in [1.165, 1.54) is 11.5 Å². The van der Waals surface area contributed by atoms with Crippen LogP contribution >= 0.6 is 0 Å². The third-order valence-electron chi connectivity index (χ3n) is 4.35. The van der Waals surface area contributed by atoms with Crippen molar-refractivity contribution in [1.29, 1.82) is 0 Å². The molecule has 1 rings (SSSR count). The van der Waals surface area contributed by atoms with Gasteiger partial charge in [0, 0.05) is 0 Å². The molecule has 5 nitrogen and oxygen atoms in total. The molecule has 6 heteroatoms. The fraction of sp³-hybridized carbons (Fsp3) is 0.833. The summed E-state index contributed by atoms with van der Waals surface area (Å²) in [7, 11) is -2.21. The molecule has 1 aliphatic rings. The summed E-state index contributed by atoms with van der Waals surface area (Å²) in [6.07, 6.45) is -0.917. The summed E-state index contributed by atoms with van der Waals surface area (Å²) in [5.74, 6) is -2.04. The minimum absolute atomic E-state index is 0.111. The highest BCUT2D eigenvalue weighted by atomic mass is 28.3. The Balaban J connectivity index is 3.12. The van der Waals surface area contributed by atoms with Crippen LogP contribution in [-0.2, 0) is 9.59 Å². The predicted octanol–water partition coefficient (Wildman–Crippen LogP) is 1.28. The zero-order valence-corrected chi connectivity index (χ0v) is 12.9. The lowest BCUT2D eigenvalue weighted by atomic mass is 9.86. The minimum atomic E-state index is -2.21. The molecule has 1 fully saturated rings. The summed E-state index contributed by atoms with van der Waals surface area (Å²) in [6, 6.07) is -0.876. The highest BCUT2D eigenvalue weighted by molar-refractivity contribution is 6.80. The molecule has 0 bridgehead atoms. The van der Waals surface area contributed by atoms with Crippen molar-refractivity contribution in [1.82, 2.24) is 4.57 Å². The minimum Gasteiger partial charge on any atom is -0.480 e. The topological polar surface area (TPSA) is 77.8 Å². The van der Waals surface area contributed by atoms with E-state index in [0.29, 0.717) is 0 Å². The van der Waals surface area contributed by atoms with Gasteiger partial charge < -0.3 is 14.8 Å². The van der Waals surface area contributed by atoms with Crippen LogP contribution in [0.1, 0.15) is 27.7 Å². The van der Waals surface area contributed by atoms with Gasteiger partial charge in [-0.3, -0.25) is 4.79 Å². The van der Waals surface area contributed by atoms with Crippen molar-refractivity contribution in [2.45, 2.75) is 58.0 Å². The first-order chi connectivity index (χ1) is 7.93. The number of hydrogen-bond acceptors (Lipinski definition) is 3. The normalized spacial score (nSPS) is 26.8. The third-order valence-corrected chi connectivity index (χ3v) is 9.73. The molecule has 0 aromatic rings. The molecular formula is C12H23NO4Si. The fourth-order valence-corrected chi connectivity index (χ4v) is 4.62. The Hall–Kier alpha value is -0.883. The van der Waals surface area contributed by atoms with Gasteiger partial charge in [0.25, 0.3) is 0 Å². The first kappa shape index (κ1) is 15.2. The number of aliphatic hydroxyl groups excluding tert-OH is 1. The lowest BCUT2D eigenvalue weighted by molar-refractivity contribution is -0.169. The van der Waals surface area contributed by atoms with E-state index in [9.17, 15) is 19.8 Å². The Morgan fingerprint density at radius 2 is 1.83 bits per heavy atom. The van der Waals surface area contributed by atoms with E-state index in [-0.39, 0.29) is 10.9 Å². The van der Waals surface area contributed by atoms with E-state index in [1.54, 1.807) is 0 Å². The van der Waals surface area contributed by atoms with Crippen molar-refractivity contribution in [3.05, 3.63) is 0 Å². The van der Waals surface area contributed by atoms with Gasteiger partial charge in [-0.2, -0.15) is 0 Å². The van der Waals surface area contributed by atoms with Gasteiger partial charge in [0.2, 0.25) is 5.91 Å². The number of aliphatic carboxylic acids is 1. The van der Waals surface area contributed by atoms with Crippen molar-refractivity contribution in [3.63, 3.8) is 0 Å². The smallest absolute Gasteiger partial charge is 0.326 e. The van der Waals surface area contributed by atoms with Gasteiger partial charge in [-0.05, 0) is 12.0 Å². The SMILES string of the molecule is CC(O)C1C(=O)N([Si](C)(C)C(C)(C)C)C1C(=O)O. The number of β-lactam (4-membered cyclic amide) rings is 1. The molecule has 1 aliphatic heterocycles. The van der Waals surface area contributed by atoms with Crippen LogP contribution in [0.3, 0.4) is 0 Å². The molecule has 3 unspecified atom stereocenters. The monoisotopic (exact) mass is 273 g/mol. The predicted molar refractivity (Wildman–Crippen MR) is 70.6 cm³/mol. The first-order valence-electron chi connectivity index (χ1n) is 6.17. The molecule has 0 spiro atoms. The van der Waals surface area contributed by atoms with Crippen LogP contribution in [0, 0.1) is 5.92 Å². The van der Waals surface area contributed by atoms with E-state index in [1.807, 2.05) is 33.9 Å². The number of carboxylic acids is 1. The summed E-state index contributed by atoms with van der Waals surface area (Å²) in [5, 5.41) is 18.7. The number of carboxylic acid groups (broad SMARTS) is 1. The number of amides is 1. The zero-order chi connectivity index (χ0) is 14.5. The lowest BCUT2D eigenvalue weighted by Gasteiger charge is -2.57. The molecule has 0 aromatic carbocycles. The van der Waals surface area contributed by atoms with E-state index in [0.717, 1.165) is 0 Å². The molecule has 18 heavy (non-hydrogen) atoms. The van der Waals surface area contributed by atoms with E-state index in [2.05, 4.69) is 0 Å². The Bertz CT molecular complexity index is 373. The summed E-state index contributed by atoms with van der Waals surface area (Å²) >= 11 is 0. The standard InChI is InChI=1S/C12H23NO4Si/c1-7(14)8-9(11(16)17)13(10(8)15)18(5,6)12(2,3)4/h7-9,14H,1-6H3,(H,16,17). The van der Waals surface area contributed by atoms with Crippen molar-refractivity contribution in [3.8, 4) is 0 Å². The highest BCUT2D eigenvalue weighted by Gasteiger charge is 2.61. The Morgan fingerprint density at radius 1 is 1.39 bits per heavy atom. The van der Waals surface area contributed by atoms with Crippen LogP contribution in [0.2, 0.25) is 18.1 Å². The summed E-state index contributed by atoms with van der Waals surface area (Å²) < 4.78 is 1.53. The molecule has 1 amide bonds. The van der Waals surface area contributed by atoms with Gasteiger partial charge in [-0.1, -0.05) is 33.9 Å². The zero-order valence-electron chi connectivity index (χ0n) is 11.9. The maximum Gasteiger partial charge on any atom is 0.326 e. The fourth-order valence-electron chi connectivity index (χ4n) is 2.23. The second kappa shape index (κ2) is 4.34. The Morgan fingerprint density at radius 3 is 2.11 bits per heavy atom. The lowest BCUT2D eigenvalue weighted by Crippen LogP contribution is -2.76. The third kappa shape index (κ3) is 2.07. The average Bonchev–Trinajstić information content (AvgIpc) is 2.09. The summed E-state index contributed by atoms with van der Waals surface area (Å²) in [4.78, 5) is 23.5. The van der Waals surface area contributed by atoms with E-state index < -0.39 is 32.3 Å². The first-order valence-corrected chi connectivity index (χ1v) is 9.11. The number of carbonyl (C=O) groups is 2. The van der Waals surface area contributed by atoms with Gasteiger partial charge in [-0.15, -0.1) is 0 Å². The van der Waals surface area contributed by atoms with Crippen LogP contribution in [0.15, 0.2) is 0 Å². The number of aliphatic hydroxyl groups is 1. The van der Waals surface area contributed by atoms with Crippen LogP contribution in [0.4, 0.5) is 0 Å². The van der Waals surface area contributed by atoms with Gasteiger partial charge >= 0.3 is 5.97 Å². The van der Waals surface area contributed by atoms with Gasteiger partial charge in [0.05, 0.1) is 12.0 Å². The molecule has 0 radical (unpaired) electrons. The second-order valence-corrected chi connectivity index (χ2v) is 11.7. The molecule has 1 saturated heterocycles. The molecular weight excluding hydrogens is 250 g/mol. The number of nitrogens with zero attached hydrogens (tertiary/aromatic N) is 1. The summed E-state index contributed by atoms with van der Waals surface area (Å²) in [6.45, 7) is 11.6. The van der Waals surface area contributed by atoms with Gasteiger partial charge in [-0.25, -0.2) is 4.79 Å². The number of rotatable bonds is 3. The van der Waals surface area contributed by atoms with Crippen molar-refractivity contribution in [2.24, 2.45) is 5.92 Å². The van der Waals surface area contributed by atoms with Crippen molar-refractivity contribution >= 4 is 20.1 Å². The van der Waals surface area contributed by atoms with Crippen LogP contribution in [-0.4, -0.2) is 47.0 Å². The number of hydrogen-bond donors (Lipinski definition) is 2. The molecule has 0 aromatic heterocycles. The Kier molecular flexibility index (Phi) is 3.66. The van der Waals surface area contributed by atoms with Crippen LogP contribution < -0.4 is 0 Å². The van der Waals surface area contributed by atoms with Crippen molar-refractivity contribution < 1.29 is 19.8 Å². The average molecular weight is 273 g/mol. The van der Waals surface area contributed by atoms with Crippen LogP contribution in [0.25, 0.3) is 0 Å². The molecule has 2 N–H and O–H groups in total. The second-order valence-electron chi connectivity index (χ2n) is 6.57. The molecule has 0 saturated carbocycles. The number of carbonyl (C=O) groups excluding carboxylic acids is 1. The van der Waals surface area contributed by atoms with Crippen LogP contribution in [0.5, 0.6) is 0 Å². The molecule has 104 valence electrons. The maximum atomic E-state index is 12.1. The quantitative estimate of drug-likeness (QED) is 0.600. The maximum absolute atomic E-state index is 12.1. The van der Waals surface area contributed by atoms with E-state index in [4.69, 9.17) is 0 Å².